The monoisotopic (exact) mass is 274 g/mol. The molecule has 0 aromatic heterocycles. The molecule has 20 heavy (non-hydrogen) atoms. The van der Waals surface area contributed by atoms with Gasteiger partial charge in [0.25, 0.3) is 0 Å². The first-order valence-electron chi connectivity index (χ1n) is 6.55. The zero-order valence-electron chi connectivity index (χ0n) is 11.6. The van der Waals surface area contributed by atoms with Crippen LogP contribution in [0.1, 0.15) is 5.56 Å². The Morgan fingerprint density at radius 2 is 1.95 bits per heavy atom. The van der Waals surface area contributed by atoms with Crippen LogP contribution in [0.25, 0.3) is 0 Å². The van der Waals surface area contributed by atoms with E-state index in [1.165, 1.54) is 6.07 Å². The second kappa shape index (κ2) is 6.91. The second-order valence-corrected chi connectivity index (χ2v) is 4.75. The van der Waals surface area contributed by atoms with E-state index < -0.39 is 0 Å². The van der Waals surface area contributed by atoms with E-state index in [4.69, 9.17) is 10.5 Å². The Morgan fingerprint density at radius 3 is 2.70 bits per heavy atom. The van der Waals surface area contributed by atoms with Crippen LogP contribution in [0, 0.1) is 5.82 Å². The average molecular weight is 274 g/mol. The van der Waals surface area contributed by atoms with Crippen molar-refractivity contribution in [2.24, 2.45) is 0 Å². The number of nitrogens with zero attached hydrogens (tertiary/aromatic N) is 1. The third kappa shape index (κ3) is 4.24. The molecule has 0 unspecified atom stereocenters. The lowest BCUT2D eigenvalue weighted by Crippen LogP contribution is -2.24. The lowest BCUT2D eigenvalue weighted by Gasteiger charge is -2.17. The smallest absolute Gasteiger partial charge is 0.127 e. The number of anilines is 1. The number of ether oxygens (including phenoxy) is 1. The van der Waals surface area contributed by atoms with Gasteiger partial charge in [0.2, 0.25) is 0 Å². The predicted molar refractivity (Wildman–Crippen MR) is 79.1 cm³/mol. The fourth-order valence-electron chi connectivity index (χ4n) is 1.92. The molecular weight excluding hydrogens is 255 g/mol. The minimum atomic E-state index is -0.170. The summed E-state index contributed by atoms with van der Waals surface area (Å²) in [5, 5.41) is 0. The molecule has 0 aliphatic carbocycles. The molecule has 0 radical (unpaired) electrons. The third-order valence-electron chi connectivity index (χ3n) is 3.00. The summed E-state index contributed by atoms with van der Waals surface area (Å²) in [5.74, 6) is 0.584. The topological polar surface area (TPSA) is 38.5 Å². The van der Waals surface area contributed by atoms with Gasteiger partial charge in [0, 0.05) is 30.4 Å². The molecule has 0 fully saturated rings. The maximum absolute atomic E-state index is 13.5. The van der Waals surface area contributed by atoms with E-state index in [0.29, 0.717) is 30.9 Å². The van der Waals surface area contributed by atoms with Gasteiger partial charge in [-0.05, 0) is 25.2 Å². The van der Waals surface area contributed by atoms with Crippen molar-refractivity contribution in [2.45, 2.75) is 6.54 Å². The van der Waals surface area contributed by atoms with Gasteiger partial charge in [-0.2, -0.15) is 0 Å². The van der Waals surface area contributed by atoms with Crippen molar-refractivity contribution in [3.8, 4) is 5.75 Å². The Balaban J connectivity index is 1.78. The van der Waals surface area contributed by atoms with Crippen molar-refractivity contribution >= 4 is 5.69 Å². The van der Waals surface area contributed by atoms with E-state index in [1.807, 2.05) is 36.2 Å². The van der Waals surface area contributed by atoms with Crippen molar-refractivity contribution in [1.82, 2.24) is 4.90 Å². The molecule has 0 aliphatic heterocycles. The Morgan fingerprint density at radius 1 is 1.15 bits per heavy atom. The average Bonchev–Trinajstić information content (AvgIpc) is 2.41. The predicted octanol–water partition coefficient (Wildman–Crippen LogP) is 2.92. The number of benzene rings is 2. The van der Waals surface area contributed by atoms with E-state index in [9.17, 15) is 4.39 Å². The molecule has 3 nitrogen and oxygen atoms in total. The maximum atomic E-state index is 13.5. The normalized spacial score (nSPS) is 10.8. The Bertz CT molecular complexity index is 560. The molecule has 0 amide bonds. The van der Waals surface area contributed by atoms with E-state index in [1.54, 1.807) is 18.2 Å². The number of hydrogen-bond donors (Lipinski definition) is 1. The van der Waals surface area contributed by atoms with Crippen LogP contribution in [-0.4, -0.2) is 25.1 Å². The number of likely N-dealkylation sites (N-methyl/N-ethyl adjacent to an activating group) is 1. The minimum Gasteiger partial charge on any atom is -0.492 e. The van der Waals surface area contributed by atoms with Crippen LogP contribution in [0.15, 0.2) is 48.5 Å². The summed E-state index contributed by atoms with van der Waals surface area (Å²) < 4.78 is 19.1. The van der Waals surface area contributed by atoms with Gasteiger partial charge in [0.05, 0.1) is 0 Å². The zero-order valence-corrected chi connectivity index (χ0v) is 11.6. The Labute approximate surface area is 118 Å². The molecule has 0 saturated heterocycles. The number of halogens is 1. The van der Waals surface area contributed by atoms with Crippen LogP contribution in [0.5, 0.6) is 5.75 Å². The first-order chi connectivity index (χ1) is 9.65. The quantitative estimate of drug-likeness (QED) is 0.823. The molecule has 0 atom stereocenters. The highest BCUT2D eigenvalue weighted by molar-refractivity contribution is 5.43. The van der Waals surface area contributed by atoms with Crippen molar-refractivity contribution in [2.75, 3.05) is 25.9 Å². The van der Waals surface area contributed by atoms with Crippen molar-refractivity contribution < 1.29 is 9.13 Å². The van der Waals surface area contributed by atoms with Crippen LogP contribution in [-0.2, 0) is 6.54 Å². The minimum absolute atomic E-state index is 0.170. The highest BCUT2D eigenvalue weighted by Crippen LogP contribution is 2.14. The summed E-state index contributed by atoms with van der Waals surface area (Å²) in [6, 6.07) is 14.1. The van der Waals surface area contributed by atoms with Gasteiger partial charge in [0.1, 0.15) is 18.2 Å². The SMILES string of the molecule is CN(CCOc1cccc(N)c1)Cc1ccccc1F. The van der Waals surface area contributed by atoms with Crippen LogP contribution in [0.4, 0.5) is 10.1 Å². The Kier molecular flexibility index (Phi) is 4.96. The molecule has 4 heteroatoms. The molecule has 2 aromatic rings. The molecule has 0 heterocycles. The van der Waals surface area contributed by atoms with Gasteiger partial charge in [-0.15, -0.1) is 0 Å². The molecule has 0 spiro atoms. The van der Waals surface area contributed by atoms with Gasteiger partial charge in [-0.3, -0.25) is 4.90 Å². The Hall–Kier alpha value is -2.07. The first kappa shape index (κ1) is 14.3. The number of nitrogen functional groups attached to an aromatic ring is 1. The number of nitrogens with two attached hydrogens (primary N) is 1. The number of rotatable bonds is 6. The summed E-state index contributed by atoms with van der Waals surface area (Å²) in [6.07, 6.45) is 0. The van der Waals surface area contributed by atoms with E-state index in [0.717, 1.165) is 5.75 Å². The molecule has 0 bridgehead atoms. The van der Waals surface area contributed by atoms with Crippen LogP contribution >= 0.6 is 0 Å². The van der Waals surface area contributed by atoms with Crippen LogP contribution in [0.2, 0.25) is 0 Å². The third-order valence-corrected chi connectivity index (χ3v) is 3.00. The lowest BCUT2D eigenvalue weighted by atomic mass is 10.2. The molecule has 2 N–H and O–H groups in total. The van der Waals surface area contributed by atoms with Crippen LogP contribution in [0.3, 0.4) is 0 Å². The van der Waals surface area contributed by atoms with Gasteiger partial charge in [-0.25, -0.2) is 4.39 Å². The van der Waals surface area contributed by atoms with Gasteiger partial charge < -0.3 is 10.5 Å². The molecule has 2 aromatic carbocycles. The van der Waals surface area contributed by atoms with Crippen molar-refractivity contribution in [3.05, 3.63) is 59.9 Å². The van der Waals surface area contributed by atoms with E-state index >= 15 is 0 Å². The fraction of sp³-hybridized carbons (Fsp3) is 0.250. The molecule has 0 saturated carbocycles. The second-order valence-electron chi connectivity index (χ2n) is 4.75. The largest absolute Gasteiger partial charge is 0.492 e. The maximum Gasteiger partial charge on any atom is 0.127 e. The summed E-state index contributed by atoms with van der Waals surface area (Å²) in [7, 11) is 1.94. The summed E-state index contributed by atoms with van der Waals surface area (Å²) >= 11 is 0. The van der Waals surface area contributed by atoms with Gasteiger partial charge >= 0.3 is 0 Å². The van der Waals surface area contributed by atoms with E-state index in [2.05, 4.69) is 0 Å². The summed E-state index contributed by atoms with van der Waals surface area (Å²) in [6.45, 7) is 1.81. The van der Waals surface area contributed by atoms with Crippen molar-refractivity contribution in [1.29, 1.82) is 0 Å². The summed E-state index contributed by atoms with van der Waals surface area (Å²) in [4.78, 5) is 2.02. The standard InChI is InChI=1S/C16H19FN2O/c1-19(12-13-5-2-3-8-16(13)17)9-10-20-15-7-4-6-14(18)11-15/h2-8,11H,9-10,12,18H2,1H3. The number of hydrogen-bond acceptors (Lipinski definition) is 3. The van der Waals surface area contributed by atoms with Gasteiger partial charge in [0.15, 0.2) is 0 Å². The summed E-state index contributed by atoms with van der Waals surface area (Å²) in [5.41, 5.74) is 7.05. The van der Waals surface area contributed by atoms with Crippen molar-refractivity contribution in [3.63, 3.8) is 0 Å². The molecule has 2 rings (SSSR count). The zero-order chi connectivity index (χ0) is 14.4. The fourth-order valence-corrected chi connectivity index (χ4v) is 1.92. The molecular formula is C16H19FN2O. The molecule has 0 aliphatic rings. The van der Waals surface area contributed by atoms with Gasteiger partial charge in [-0.1, -0.05) is 24.3 Å². The highest BCUT2D eigenvalue weighted by atomic mass is 19.1. The first-order valence-corrected chi connectivity index (χ1v) is 6.55. The highest BCUT2D eigenvalue weighted by Gasteiger charge is 2.05. The lowest BCUT2D eigenvalue weighted by molar-refractivity contribution is 0.231. The molecule has 106 valence electrons. The van der Waals surface area contributed by atoms with Crippen LogP contribution < -0.4 is 10.5 Å². The van der Waals surface area contributed by atoms with E-state index in [-0.39, 0.29) is 5.82 Å².